The Hall–Kier alpha value is -2.15. The molecule has 0 spiro atoms. The summed E-state index contributed by atoms with van der Waals surface area (Å²) in [4.78, 5) is 14.5. The Morgan fingerprint density at radius 1 is 1.22 bits per heavy atom. The molecule has 2 aliphatic heterocycles. The summed E-state index contributed by atoms with van der Waals surface area (Å²) >= 11 is 1.06. The summed E-state index contributed by atoms with van der Waals surface area (Å²) in [5, 5.41) is 0. The summed E-state index contributed by atoms with van der Waals surface area (Å²) in [5.74, 6) is 1.51. The van der Waals surface area contributed by atoms with Crippen molar-refractivity contribution in [2.45, 2.75) is 25.3 Å². The molecule has 1 fully saturated rings. The smallest absolute Gasteiger partial charge is 0.275 e. The highest BCUT2D eigenvalue weighted by Gasteiger charge is 2.32. The predicted molar refractivity (Wildman–Crippen MR) is 85.0 cm³/mol. The molecule has 23 heavy (non-hydrogen) atoms. The predicted octanol–water partition coefficient (Wildman–Crippen LogP) is 2.68. The number of hydrogen-bond donors (Lipinski definition) is 0. The molecule has 0 aliphatic carbocycles. The molecule has 2 aliphatic rings. The van der Waals surface area contributed by atoms with Crippen molar-refractivity contribution in [3.63, 3.8) is 0 Å². The Morgan fingerprint density at radius 2 is 2.09 bits per heavy atom. The van der Waals surface area contributed by atoms with Gasteiger partial charge in [0.2, 0.25) is 0 Å². The van der Waals surface area contributed by atoms with Crippen LogP contribution in [0.4, 0.5) is 0 Å². The molecule has 120 valence electrons. The summed E-state index contributed by atoms with van der Waals surface area (Å²) in [6.45, 7) is 2.08. The summed E-state index contributed by atoms with van der Waals surface area (Å²) in [7, 11) is 0. The third-order valence-electron chi connectivity index (χ3n) is 4.25. The Bertz CT molecular complexity index is 705. The minimum atomic E-state index is -0.0478. The van der Waals surface area contributed by atoms with Crippen LogP contribution in [0.5, 0.6) is 11.5 Å². The van der Waals surface area contributed by atoms with E-state index in [2.05, 4.69) is 8.75 Å². The van der Waals surface area contributed by atoms with Gasteiger partial charge >= 0.3 is 0 Å². The van der Waals surface area contributed by atoms with Crippen LogP contribution >= 0.6 is 11.7 Å². The molecule has 3 heterocycles. The maximum atomic E-state index is 12.6. The number of likely N-dealkylation sites (tertiary alicyclic amines) is 1. The van der Waals surface area contributed by atoms with E-state index in [1.54, 1.807) is 0 Å². The SMILES string of the molecule is O=C(c1cnsn1)N1CCC[C@H]1c1ccc2c(c1)OCCCO2. The van der Waals surface area contributed by atoms with Crippen molar-refractivity contribution in [1.82, 2.24) is 13.6 Å². The average molecular weight is 331 g/mol. The molecule has 4 rings (SSSR count). The lowest BCUT2D eigenvalue weighted by molar-refractivity contribution is 0.0730. The number of ether oxygens (including phenoxy) is 2. The number of carbonyl (C=O) groups excluding carboxylic acids is 1. The van der Waals surface area contributed by atoms with Gasteiger partial charge in [-0.1, -0.05) is 6.07 Å². The first-order chi connectivity index (χ1) is 11.3. The van der Waals surface area contributed by atoms with E-state index in [9.17, 15) is 4.79 Å². The summed E-state index contributed by atoms with van der Waals surface area (Å²) in [6, 6.07) is 6.04. The van der Waals surface area contributed by atoms with Gasteiger partial charge in [-0.05, 0) is 30.5 Å². The van der Waals surface area contributed by atoms with Crippen LogP contribution in [0.3, 0.4) is 0 Å². The Kier molecular flexibility index (Phi) is 3.87. The van der Waals surface area contributed by atoms with Crippen molar-refractivity contribution < 1.29 is 14.3 Å². The van der Waals surface area contributed by atoms with E-state index in [0.29, 0.717) is 18.9 Å². The van der Waals surface area contributed by atoms with E-state index in [4.69, 9.17) is 9.47 Å². The molecule has 1 amide bonds. The van der Waals surface area contributed by atoms with E-state index in [1.807, 2.05) is 23.1 Å². The van der Waals surface area contributed by atoms with Crippen LogP contribution < -0.4 is 9.47 Å². The Labute approximate surface area is 138 Å². The van der Waals surface area contributed by atoms with Crippen LogP contribution in [0.1, 0.15) is 41.4 Å². The summed E-state index contributed by atoms with van der Waals surface area (Å²) in [5.41, 5.74) is 1.51. The Morgan fingerprint density at radius 3 is 2.91 bits per heavy atom. The van der Waals surface area contributed by atoms with E-state index in [0.717, 1.165) is 54.6 Å². The number of hydrogen-bond acceptors (Lipinski definition) is 6. The standard InChI is InChI=1S/C16H17N3O3S/c20-16(12-10-17-23-18-12)19-6-1-3-13(19)11-4-5-14-15(9-11)22-8-2-7-21-14/h4-5,9-10,13H,1-3,6-8H2/t13-/m0/s1. The van der Waals surface area contributed by atoms with Gasteiger partial charge in [0.05, 0.1) is 37.2 Å². The van der Waals surface area contributed by atoms with E-state index in [-0.39, 0.29) is 11.9 Å². The van der Waals surface area contributed by atoms with Gasteiger partial charge in [0, 0.05) is 13.0 Å². The normalized spacial score (nSPS) is 20.3. The summed E-state index contributed by atoms with van der Waals surface area (Å²) in [6.07, 6.45) is 4.36. The quantitative estimate of drug-likeness (QED) is 0.846. The monoisotopic (exact) mass is 331 g/mol. The van der Waals surface area contributed by atoms with Crippen molar-refractivity contribution in [3.05, 3.63) is 35.7 Å². The maximum Gasteiger partial charge on any atom is 0.275 e. The average Bonchev–Trinajstić information content (AvgIpc) is 3.22. The highest BCUT2D eigenvalue weighted by Crippen LogP contribution is 2.38. The minimum Gasteiger partial charge on any atom is -0.490 e. The van der Waals surface area contributed by atoms with Gasteiger partial charge in [-0.25, -0.2) is 0 Å². The fourth-order valence-electron chi connectivity index (χ4n) is 3.15. The molecule has 0 saturated carbocycles. The third kappa shape index (κ3) is 2.76. The number of rotatable bonds is 2. The minimum absolute atomic E-state index is 0.0478. The molecule has 1 aromatic heterocycles. The van der Waals surface area contributed by atoms with Gasteiger partial charge in [-0.15, -0.1) is 0 Å². The number of carbonyl (C=O) groups is 1. The summed E-state index contributed by atoms with van der Waals surface area (Å²) < 4.78 is 19.4. The molecule has 1 aromatic carbocycles. The molecule has 1 saturated heterocycles. The molecule has 0 unspecified atom stereocenters. The van der Waals surface area contributed by atoms with E-state index in [1.165, 1.54) is 6.20 Å². The molecular weight excluding hydrogens is 314 g/mol. The second-order valence-corrected chi connectivity index (χ2v) is 6.26. The van der Waals surface area contributed by atoms with Crippen LogP contribution in [0.15, 0.2) is 24.4 Å². The van der Waals surface area contributed by atoms with Crippen molar-refractivity contribution in [2.24, 2.45) is 0 Å². The van der Waals surface area contributed by atoms with Crippen LogP contribution in [0, 0.1) is 0 Å². The molecule has 7 heteroatoms. The van der Waals surface area contributed by atoms with Crippen molar-refractivity contribution in [3.8, 4) is 11.5 Å². The lowest BCUT2D eigenvalue weighted by atomic mass is 10.0. The lowest BCUT2D eigenvalue weighted by Crippen LogP contribution is -2.30. The third-order valence-corrected chi connectivity index (χ3v) is 4.73. The van der Waals surface area contributed by atoms with E-state index >= 15 is 0 Å². The first-order valence-electron chi connectivity index (χ1n) is 7.81. The molecule has 0 bridgehead atoms. The molecule has 6 nitrogen and oxygen atoms in total. The van der Waals surface area contributed by atoms with Gasteiger partial charge in [-0.2, -0.15) is 8.75 Å². The van der Waals surface area contributed by atoms with Crippen LogP contribution in [-0.4, -0.2) is 39.3 Å². The highest BCUT2D eigenvalue weighted by molar-refractivity contribution is 6.99. The fraction of sp³-hybridized carbons (Fsp3) is 0.438. The largest absolute Gasteiger partial charge is 0.490 e. The van der Waals surface area contributed by atoms with Crippen LogP contribution in [0.2, 0.25) is 0 Å². The zero-order valence-corrected chi connectivity index (χ0v) is 13.4. The van der Waals surface area contributed by atoms with Gasteiger partial charge in [0.25, 0.3) is 5.91 Å². The van der Waals surface area contributed by atoms with Gasteiger partial charge in [-0.3, -0.25) is 4.79 Å². The van der Waals surface area contributed by atoms with Crippen LogP contribution in [-0.2, 0) is 0 Å². The number of amides is 1. The molecule has 1 atom stereocenters. The van der Waals surface area contributed by atoms with Crippen molar-refractivity contribution >= 4 is 17.6 Å². The van der Waals surface area contributed by atoms with Gasteiger partial charge in [0.15, 0.2) is 17.2 Å². The number of fused-ring (bicyclic) bond motifs is 1. The van der Waals surface area contributed by atoms with Crippen molar-refractivity contribution in [2.75, 3.05) is 19.8 Å². The number of nitrogens with zero attached hydrogens (tertiary/aromatic N) is 3. The first-order valence-corrected chi connectivity index (χ1v) is 8.54. The van der Waals surface area contributed by atoms with Gasteiger partial charge in [0.1, 0.15) is 0 Å². The Balaban J connectivity index is 1.61. The molecule has 2 aromatic rings. The molecule has 0 radical (unpaired) electrons. The van der Waals surface area contributed by atoms with Crippen LogP contribution in [0.25, 0.3) is 0 Å². The van der Waals surface area contributed by atoms with E-state index < -0.39 is 0 Å². The lowest BCUT2D eigenvalue weighted by Gasteiger charge is -2.24. The molecular formula is C16H17N3O3S. The second-order valence-electron chi connectivity index (χ2n) is 5.71. The second kappa shape index (κ2) is 6.16. The van der Waals surface area contributed by atoms with Crippen molar-refractivity contribution in [1.29, 1.82) is 0 Å². The first kappa shape index (κ1) is 14.4. The fourth-order valence-corrected chi connectivity index (χ4v) is 3.56. The topological polar surface area (TPSA) is 64.6 Å². The number of benzene rings is 1. The zero-order valence-electron chi connectivity index (χ0n) is 12.6. The maximum absolute atomic E-state index is 12.6. The molecule has 0 N–H and O–H groups in total. The zero-order chi connectivity index (χ0) is 15.6. The number of aromatic nitrogens is 2. The highest BCUT2D eigenvalue weighted by atomic mass is 32.1. The van der Waals surface area contributed by atoms with Gasteiger partial charge < -0.3 is 14.4 Å².